The number of nitrogens with zero attached hydrogens (tertiary/aromatic N) is 3. The highest BCUT2D eigenvalue weighted by molar-refractivity contribution is 7.07. The van der Waals surface area contributed by atoms with E-state index in [0.717, 1.165) is 0 Å². The molecule has 0 radical (unpaired) electrons. The summed E-state index contributed by atoms with van der Waals surface area (Å²) in [6.07, 6.45) is 1.81. The van der Waals surface area contributed by atoms with E-state index in [-0.39, 0.29) is 23.9 Å². The van der Waals surface area contributed by atoms with Crippen LogP contribution in [0, 0.1) is 0 Å². The van der Waals surface area contributed by atoms with Gasteiger partial charge in [0.2, 0.25) is 0 Å². The maximum atomic E-state index is 12.7. The van der Waals surface area contributed by atoms with Gasteiger partial charge in [-0.2, -0.15) is 4.99 Å². The van der Waals surface area contributed by atoms with E-state index in [0.29, 0.717) is 27.2 Å². The molecule has 0 bridgehead atoms. The largest absolute Gasteiger partial charge is 0.496 e. The van der Waals surface area contributed by atoms with Gasteiger partial charge in [0, 0.05) is 18.6 Å². The lowest BCUT2D eigenvalue weighted by molar-refractivity contribution is 0.0642. The Morgan fingerprint density at radius 1 is 1.10 bits per heavy atom. The first-order valence-corrected chi connectivity index (χ1v) is 9.69. The molecule has 0 fully saturated rings. The molecule has 2 heterocycles. The summed E-state index contributed by atoms with van der Waals surface area (Å²) in [7, 11) is 3.28. The average molecular weight is 407 g/mol. The van der Waals surface area contributed by atoms with E-state index in [1.165, 1.54) is 23.3 Å². The smallest absolute Gasteiger partial charge is 0.283 e. The van der Waals surface area contributed by atoms with Crippen molar-refractivity contribution in [3.05, 3.63) is 81.1 Å². The van der Waals surface area contributed by atoms with Crippen LogP contribution < -0.4 is 9.54 Å². The van der Waals surface area contributed by atoms with Crippen molar-refractivity contribution in [3.8, 4) is 5.75 Å². The van der Waals surface area contributed by atoms with E-state index >= 15 is 0 Å². The van der Waals surface area contributed by atoms with Gasteiger partial charge in [0.15, 0.2) is 4.80 Å². The van der Waals surface area contributed by atoms with E-state index in [9.17, 15) is 14.4 Å². The number of carbonyl (C=O) groups is 3. The topological polar surface area (TPSA) is 81.0 Å². The number of thiazole rings is 1. The van der Waals surface area contributed by atoms with Gasteiger partial charge >= 0.3 is 0 Å². The molecule has 1 aliphatic heterocycles. The zero-order valence-electron chi connectivity index (χ0n) is 15.8. The van der Waals surface area contributed by atoms with Gasteiger partial charge < -0.3 is 9.30 Å². The van der Waals surface area contributed by atoms with Crippen LogP contribution in [-0.4, -0.2) is 34.3 Å². The number of fused-ring (bicyclic) bond motifs is 1. The Hall–Kier alpha value is -3.52. The van der Waals surface area contributed by atoms with Gasteiger partial charge in [-0.05, 0) is 29.8 Å². The summed E-state index contributed by atoms with van der Waals surface area (Å²) in [6, 6.07) is 11.7. The zero-order valence-corrected chi connectivity index (χ0v) is 16.6. The minimum absolute atomic E-state index is 0.0589. The maximum Gasteiger partial charge on any atom is 0.283 e. The van der Waals surface area contributed by atoms with Crippen molar-refractivity contribution in [3.63, 3.8) is 0 Å². The van der Waals surface area contributed by atoms with Crippen molar-refractivity contribution in [2.45, 2.75) is 6.54 Å². The summed E-state index contributed by atoms with van der Waals surface area (Å²) in [6.45, 7) is 0.0589. The molecule has 0 spiro atoms. The summed E-state index contributed by atoms with van der Waals surface area (Å²) >= 11 is 1.35. The number of methoxy groups -OCH3 is 1. The van der Waals surface area contributed by atoms with Crippen molar-refractivity contribution in [1.82, 2.24) is 9.47 Å². The minimum Gasteiger partial charge on any atom is -0.496 e. The number of hydrogen-bond donors (Lipinski definition) is 0. The highest BCUT2D eigenvalue weighted by Gasteiger charge is 2.35. The van der Waals surface area contributed by atoms with Gasteiger partial charge in [-0.15, -0.1) is 11.3 Å². The molecule has 0 aliphatic carbocycles. The van der Waals surface area contributed by atoms with E-state index in [4.69, 9.17) is 4.74 Å². The molecule has 1 aromatic heterocycles. The van der Waals surface area contributed by atoms with Crippen molar-refractivity contribution < 1.29 is 19.1 Å². The van der Waals surface area contributed by atoms with Crippen molar-refractivity contribution in [1.29, 1.82) is 0 Å². The molecular weight excluding hydrogens is 390 g/mol. The number of amides is 3. The van der Waals surface area contributed by atoms with Crippen molar-refractivity contribution in [2.24, 2.45) is 12.0 Å². The first-order valence-electron chi connectivity index (χ1n) is 8.81. The van der Waals surface area contributed by atoms with Gasteiger partial charge in [0.05, 0.1) is 30.3 Å². The van der Waals surface area contributed by atoms with Crippen LogP contribution in [0.5, 0.6) is 5.75 Å². The van der Waals surface area contributed by atoms with E-state index in [1.54, 1.807) is 54.1 Å². The van der Waals surface area contributed by atoms with Gasteiger partial charge in [-0.1, -0.05) is 18.2 Å². The highest BCUT2D eigenvalue weighted by Crippen LogP contribution is 2.26. The number of rotatable bonds is 4. The van der Waals surface area contributed by atoms with E-state index in [2.05, 4.69) is 4.99 Å². The van der Waals surface area contributed by atoms with Gasteiger partial charge in [-0.3, -0.25) is 19.3 Å². The monoisotopic (exact) mass is 407 g/mol. The third-order valence-corrected chi connectivity index (χ3v) is 5.52. The molecule has 29 heavy (non-hydrogen) atoms. The second kappa shape index (κ2) is 7.48. The molecule has 0 atom stereocenters. The highest BCUT2D eigenvalue weighted by atomic mass is 32.1. The molecule has 7 nitrogen and oxygen atoms in total. The number of carbonyl (C=O) groups excluding carboxylic acids is 3. The quantitative estimate of drug-likeness (QED) is 0.623. The second-order valence-corrected chi connectivity index (χ2v) is 7.36. The number of benzene rings is 2. The lowest BCUT2D eigenvalue weighted by Gasteiger charge is -2.15. The van der Waals surface area contributed by atoms with E-state index in [1.807, 2.05) is 11.6 Å². The van der Waals surface area contributed by atoms with Crippen LogP contribution >= 0.6 is 11.3 Å². The SMILES string of the molecule is COc1ccc(CN2C(=O)c3ccccc3C2=O)cc1C(=O)N=c1sccn1C. The number of aromatic nitrogens is 1. The molecule has 3 aromatic rings. The van der Waals surface area contributed by atoms with Gasteiger partial charge in [0.1, 0.15) is 5.75 Å². The fraction of sp³-hybridized carbons (Fsp3) is 0.143. The molecule has 0 N–H and O–H groups in total. The Morgan fingerprint density at radius 3 is 2.38 bits per heavy atom. The third-order valence-electron chi connectivity index (χ3n) is 4.67. The summed E-state index contributed by atoms with van der Waals surface area (Å²) in [4.78, 5) is 43.8. The second-order valence-electron chi connectivity index (χ2n) is 6.49. The predicted molar refractivity (Wildman–Crippen MR) is 107 cm³/mol. The lowest BCUT2D eigenvalue weighted by Crippen LogP contribution is -2.29. The van der Waals surface area contributed by atoms with Gasteiger partial charge in [-0.25, -0.2) is 0 Å². The summed E-state index contributed by atoms with van der Waals surface area (Å²) in [5, 5.41) is 1.84. The molecule has 8 heteroatoms. The van der Waals surface area contributed by atoms with Crippen LogP contribution in [0.2, 0.25) is 0 Å². The summed E-state index contributed by atoms with van der Waals surface area (Å²) in [5.41, 5.74) is 1.69. The summed E-state index contributed by atoms with van der Waals surface area (Å²) in [5.74, 6) is -0.762. The molecule has 1 aliphatic rings. The van der Waals surface area contributed by atoms with Crippen LogP contribution in [0.1, 0.15) is 36.6 Å². The predicted octanol–water partition coefficient (Wildman–Crippen LogP) is 2.63. The molecule has 4 rings (SSSR count). The standard InChI is InChI=1S/C21H17N3O4S/c1-23-9-10-29-21(23)22-18(25)16-11-13(7-8-17(16)28-2)12-24-19(26)14-5-3-4-6-15(14)20(24)27/h3-11H,12H2,1-2H3. The molecule has 0 unspecified atom stereocenters. The Kier molecular flexibility index (Phi) is 4.85. The Morgan fingerprint density at radius 2 is 1.79 bits per heavy atom. The average Bonchev–Trinajstić information content (AvgIpc) is 3.24. The third kappa shape index (κ3) is 3.38. The van der Waals surface area contributed by atoms with Crippen LogP contribution in [0.15, 0.2) is 59.0 Å². The van der Waals surface area contributed by atoms with Gasteiger partial charge in [0.25, 0.3) is 17.7 Å². The fourth-order valence-corrected chi connectivity index (χ4v) is 3.90. The summed E-state index contributed by atoms with van der Waals surface area (Å²) < 4.78 is 7.05. The molecule has 146 valence electrons. The van der Waals surface area contributed by atoms with Crippen LogP contribution in [0.25, 0.3) is 0 Å². The molecule has 3 amide bonds. The molecule has 2 aromatic carbocycles. The van der Waals surface area contributed by atoms with Crippen LogP contribution in [0.4, 0.5) is 0 Å². The first kappa shape index (κ1) is 18.8. The maximum absolute atomic E-state index is 12.7. The van der Waals surface area contributed by atoms with Crippen molar-refractivity contribution >= 4 is 29.1 Å². The molecule has 0 saturated carbocycles. The number of aryl methyl sites for hydroxylation is 1. The fourth-order valence-electron chi connectivity index (χ4n) is 3.17. The Balaban J connectivity index is 1.66. The normalized spacial score (nSPS) is 13.7. The zero-order chi connectivity index (χ0) is 20.5. The number of ether oxygens (including phenoxy) is 1. The molecule has 0 saturated heterocycles. The first-order chi connectivity index (χ1) is 14.0. The van der Waals surface area contributed by atoms with Crippen molar-refractivity contribution in [2.75, 3.05) is 7.11 Å². The molecular formula is C21H17N3O4S. The van der Waals surface area contributed by atoms with Crippen LogP contribution in [0.3, 0.4) is 0 Å². The Labute approximate surface area is 170 Å². The minimum atomic E-state index is -0.455. The number of imide groups is 1. The lowest BCUT2D eigenvalue weighted by atomic mass is 10.1. The Bertz CT molecular complexity index is 1170. The van der Waals surface area contributed by atoms with Crippen LogP contribution in [-0.2, 0) is 13.6 Å². The number of hydrogen-bond acceptors (Lipinski definition) is 5. The van der Waals surface area contributed by atoms with E-state index < -0.39 is 5.91 Å².